The summed E-state index contributed by atoms with van der Waals surface area (Å²) in [5.74, 6) is 0.232. The Balaban J connectivity index is 0.00000211. The summed E-state index contributed by atoms with van der Waals surface area (Å²) in [7, 11) is 0. The van der Waals surface area contributed by atoms with Crippen LogP contribution >= 0.6 is 0 Å². The third kappa shape index (κ3) is 5.90. The number of aliphatic hydroxyl groups is 4. The molecular formula is C16H28O6. The minimum atomic E-state index is -1.46. The van der Waals surface area contributed by atoms with Crippen LogP contribution in [-0.4, -0.2) is 57.7 Å². The van der Waals surface area contributed by atoms with Crippen LogP contribution in [0.2, 0.25) is 0 Å². The molecule has 1 heterocycles. The van der Waals surface area contributed by atoms with E-state index in [1.165, 1.54) is 0 Å². The fourth-order valence-electron chi connectivity index (χ4n) is 1.67. The van der Waals surface area contributed by atoms with E-state index in [0.717, 1.165) is 5.57 Å². The third-order valence-corrected chi connectivity index (χ3v) is 3.10. The van der Waals surface area contributed by atoms with Crippen molar-refractivity contribution in [3.8, 4) is 0 Å². The average molecular weight is 316 g/mol. The van der Waals surface area contributed by atoms with Crippen LogP contribution in [0, 0.1) is 0 Å². The van der Waals surface area contributed by atoms with Gasteiger partial charge in [-0.2, -0.15) is 0 Å². The molecule has 128 valence electrons. The number of rotatable bonds is 5. The number of hydrogen-bond donors (Lipinski definition) is 4. The Bertz CT molecular complexity index is 388. The normalized spacial score (nSPS) is 32.4. The predicted molar refractivity (Wildman–Crippen MR) is 83.9 cm³/mol. The molecule has 0 radical (unpaired) electrons. The first-order valence-corrected chi connectivity index (χ1v) is 7.37. The lowest BCUT2D eigenvalue weighted by molar-refractivity contribution is -0.290. The lowest BCUT2D eigenvalue weighted by Crippen LogP contribution is -2.59. The molecule has 0 bridgehead atoms. The van der Waals surface area contributed by atoms with E-state index < -0.39 is 37.3 Å². The van der Waals surface area contributed by atoms with Gasteiger partial charge in [0.1, 0.15) is 30.2 Å². The molecule has 0 spiro atoms. The summed E-state index contributed by atoms with van der Waals surface area (Å²) in [5, 5.41) is 38.1. The first-order valence-electron chi connectivity index (χ1n) is 7.37. The van der Waals surface area contributed by atoms with Gasteiger partial charge in [0.2, 0.25) is 6.29 Å². The highest BCUT2D eigenvalue weighted by Gasteiger charge is 2.44. The standard InChI is InChI=1S/C14H22O6.C2H6/c1-4-8(2)5-6-9(3)19-14-13(18)12(17)11(16)10(7-15)20-14;1-2/h4-6,10-18H,3,7H2,1-2H3;1-2H3/b6-5-,8-4-;. The van der Waals surface area contributed by atoms with E-state index in [2.05, 4.69) is 6.58 Å². The molecule has 5 atom stereocenters. The molecule has 0 aromatic rings. The topological polar surface area (TPSA) is 99.4 Å². The second kappa shape index (κ2) is 10.5. The Morgan fingerprint density at radius 1 is 1.14 bits per heavy atom. The molecule has 0 aliphatic carbocycles. The van der Waals surface area contributed by atoms with Gasteiger partial charge < -0.3 is 29.9 Å². The molecule has 1 fully saturated rings. The highest BCUT2D eigenvalue weighted by molar-refractivity contribution is 5.21. The van der Waals surface area contributed by atoms with Gasteiger partial charge in [-0.25, -0.2) is 0 Å². The van der Waals surface area contributed by atoms with Gasteiger partial charge >= 0.3 is 0 Å². The van der Waals surface area contributed by atoms with Crippen molar-refractivity contribution in [2.75, 3.05) is 6.61 Å². The summed E-state index contributed by atoms with van der Waals surface area (Å²) < 4.78 is 10.5. The minimum absolute atomic E-state index is 0.232. The lowest BCUT2D eigenvalue weighted by Gasteiger charge is -2.39. The highest BCUT2D eigenvalue weighted by Crippen LogP contribution is 2.23. The molecule has 6 nitrogen and oxygen atoms in total. The van der Waals surface area contributed by atoms with Gasteiger partial charge in [0.05, 0.1) is 6.61 Å². The van der Waals surface area contributed by atoms with Gasteiger partial charge in [0.25, 0.3) is 0 Å². The van der Waals surface area contributed by atoms with Crippen LogP contribution in [0.4, 0.5) is 0 Å². The van der Waals surface area contributed by atoms with Gasteiger partial charge in [-0.15, -0.1) is 0 Å². The van der Waals surface area contributed by atoms with Gasteiger partial charge in [0.15, 0.2) is 0 Å². The largest absolute Gasteiger partial charge is 0.463 e. The van der Waals surface area contributed by atoms with E-state index in [-0.39, 0.29) is 5.76 Å². The van der Waals surface area contributed by atoms with Crippen molar-refractivity contribution in [3.63, 3.8) is 0 Å². The highest BCUT2D eigenvalue weighted by atomic mass is 16.7. The van der Waals surface area contributed by atoms with Crippen molar-refractivity contribution in [2.24, 2.45) is 0 Å². The van der Waals surface area contributed by atoms with E-state index in [0.29, 0.717) is 0 Å². The average Bonchev–Trinajstić information content (AvgIpc) is 2.54. The van der Waals surface area contributed by atoms with Gasteiger partial charge in [-0.1, -0.05) is 38.2 Å². The summed E-state index contributed by atoms with van der Waals surface area (Å²) >= 11 is 0. The maximum atomic E-state index is 9.78. The first kappa shape index (κ1) is 20.8. The molecule has 4 N–H and O–H groups in total. The maximum Gasteiger partial charge on any atom is 0.229 e. The number of ether oxygens (including phenoxy) is 2. The van der Waals surface area contributed by atoms with Crippen molar-refractivity contribution in [1.29, 1.82) is 0 Å². The second-order valence-corrected chi connectivity index (χ2v) is 4.65. The zero-order chi connectivity index (χ0) is 17.3. The van der Waals surface area contributed by atoms with Crippen molar-refractivity contribution in [3.05, 3.63) is 36.1 Å². The first-order chi connectivity index (χ1) is 10.4. The Hall–Kier alpha value is -1.18. The summed E-state index contributed by atoms with van der Waals surface area (Å²) in [6, 6.07) is 0. The van der Waals surface area contributed by atoms with Crippen LogP contribution in [-0.2, 0) is 9.47 Å². The molecule has 1 saturated heterocycles. The van der Waals surface area contributed by atoms with Gasteiger partial charge in [-0.05, 0) is 19.9 Å². The summed E-state index contributed by atoms with van der Waals surface area (Å²) in [6.07, 6.45) is -1.22. The number of hydrogen-bond acceptors (Lipinski definition) is 6. The Kier molecular flexibility index (Phi) is 9.97. The molecule has 1 aliphatic heterocycles. The minimum Gasteiger partial charge on any atom is -0.463 e. The Morgan fingerprint density at radius 2 is 1.73 bits per heavy atom. The fourth-order valence-corrected chi connectivity index (χ4v) is 1.67. The fraction of sp³-hybridized carbons (Fsp3) is 0.625. The van der Waals surface area contributed by atoms with Gasteiger partial charge in [-0.3, -0.25) is 0 Å². The molecule has 5 unspecified atom stereocenters. The SMILES string of the molecule is C=C(/C=C\C(C)=C/C)OC1OC(CO)C(O)C(O)C1O.CC. The number of allylic oxidation sites excluding steroid dienone is 4. The third-order valence-electron chi connectivity index (χ3n) is 3.10. The van der Waals surface area contributed by atoms with Crippen LogP contribution in [0.1, 0.15) is 27.7 Å². The number of aliphatic hydroxyl groups excluding tert-OH is 4. The molecule has 1 rings (SSSR count). The maximum absolute atomic E-state index is 9.78. The van der Waals surface area contributed by atoms with Crippen LogP contribution in [0.3, 0.4) is 0 Å². The molecule has 0 aromatic carbocycles. The van der Waals surface area contributed by atoms with Crippen molar-refractivity contribution in [1.82, 2.24) is 0 Å². The summed E-state index contributed by atoms with van der Waals surface area (Å²) in [5.41, 5.74) is 1.00. The Labute approximate surface area is 132 Å². The van der Waals surface area contributed by atoms with Crippen LogP contribution < -0.4 is 0 Å². The van der Waals surface area contributed by atoms with Crippen LogP contribution in [0.15, 0.2) is 36.1 Å². The van der Waals surface area contributed by atoms with E-state index in [9.17, 15) is 15.3 Å². The van der Waals surface area contributed by atoms with Crippen LogP contribution in [0.5, 0.6) is 0 Å². The Morgan fingerprint density at radius 3 is 2.23 bits per heavy atom. The quantitative estimate of drug-likeness (QED) is 0.444. The van der Waals surface area contributed by atoms with E-state index >= 15 is 0 Å². The molecule has 6 heteroatoms. The smallest absolute Gasteiger partial charge is 0.229 e. The van der Waals surface area contributed by atoms with Crippen LogP contribution in [0.25, 0.3) is 0 Å². The van der Waals surface area contributed by atoms with E-state index in [1.807, 2.05) is 33.8 Å². The zero-order valence-corrected chi connectivity index (χ0v) is 13.6. The molecular weight excluding hydrogens is 288 g/mol. The molecule has 0 aromatic heterocycles. The summed E-state index contributed by atoms with van der Waals surface area (Å²) in [4.78, 5) is 0. The molecule has 0 saturated carbocycles. The van der Waals surface area contributed by atoms with Crippen molar-refractivity contribution in [2.45, 2.75) is 58.4 Å². The predicted octanol–water partition coefficient (Wildman–Crippen LogP) is 0.865. The molecule has 1 aliphatic rings. The molecule has 0 amide bonds. The second-order valence-electron chi connectivity index (χ2n) is 4.65. The molecule has 22 heavy (non-hydrogen) atoms. The van der Waals surface area contributed by atoms with Crippen molar-refractivity contribution < 1.29 is 29.9 Å². The van der Waals surface area contributed by atoms with E-state index in [1.54, 1.807) is 12.2 Å². The summed E-state index contributed by atoms with van der Waals surface area (Å²) in [6.45, 7) is 10.9. The van der Waals surface area contributed by atoms with Gasteiger partial charge in [0, 0.05) is 0 Å². The zero-order valence-electron chi connectivity index (χ0n) is 13.6. The van der Waals surface area contributed by atoms with E-state index in [4.69, 9.17) is 14.6 Å². The monoisotopic (exact) mass is 316 g/mol. The lowest BCUT2D eigenvalue weighted by atomic mass is 9.99. The van der Waals surface area contributed by atoms with Crippen molar-refractivity contribution >= 4 is 0 Å².